The number of anilines is 2. The van der Waals surface area contributed by atoms with Gasteiger partial charge in [0.2, 0.25) is 0 Å². The monoisotopic (exact) mass is 586 g/mol. The molecule has 14 heteroatoms. The van der Waals surface area contributed by atoms with E-state index in [2.05, 4.69) is 20.5 Å². The van der Waals surface area contributed by atoms with Crippen LogP contribution in [0.25, 0.3) is 16.6 Å². The topological polar surface area (TPSA) is 145 Å². The maximum Gasteiger partial charge on any atom is 0.333 e. The molecule has 2 amide bonds. The van der Waals surface area contributed by atoms with Gasteiger partial charge in [-0.2, -0.15) is 0 Å². The highest BCUT2D eigenvalue weighted by atomic mass is 32.2. The Labute approximate surface area is 232 Å². The minimum absolute atomic E-state index is 0.0402. The molecule has 0 unspecified atom stereocenters. The highest BCUT2D eigenvalue weighted by Gasteiger charge is 2.20. The van der Waals surface area contributed by atoms with E-state index >= 15 is 4.39 Å². The molecule has 3 heterocycles. The maximum atomic E-state index is 15.1. The average Bonchev–Trinajstić information content (AvgIpc) is 3.57. The Balaban J connectivity index is 1.32. The standard InChI is InChI=1S/C26H27FN6O5S2/c1-16-4-9-23(39-16)40(37,38)31-25(35)29-18-6-8-22(20(27)14-18)33-24(34)19-7-5-17(15-21(19)30-26(33)36)28-10-13-32-11-2-3-12-32/h4-9,14-15,28H,2-3,10-13H2,1H3,(H,30,36)(H2,29,31,35). The Morgan fingerprint density at radius 1 is 1.05 bits per heavy atom. The third-order valence-corrected chi connectivity index (χ3v) is 9.33. The zero-order valence-corrected chi connectivity index (χ0v) is 23.1. The largest absolute Gasteiger partial charge is 0.384 e. The Bertz CT molecular complexity index is 1810. The molecular formula is C26H27FN6O5S2. The van der Waals surface area contributed by atoms with Crippen molar-refractivity contribution in [2.24, 2.45) is 0 Å². The number of urea groups is 1. The second kappa shape index (κ2) is 11.2. The van der Waals surface area contributed by atoms with Gasteiger partial charge in [-0.25, -0.2) is 31.7 Å². The number of carbonyl (C=O) groups is 1. The SMILES string of the molecule is Cc1ccc(S(=O)(=O)NC(=O)Nc2ccc(-n3c(=O)[nH]c4cc(NCCN5CCCC5)ccc4c3=O)c(F)c2)s1. The first-order chi connectivity index (χ1) is 19.1. The summed E-state index contributed by atoms with van der Waals surface area (Å²) in [4.78, 5) is 44.0. The Morgan fingerprint density at radius 3 is 2.50 bits per heavy atom. The fourth-order valence-electron chi connectivity index (χ4n) is 4.56. The lowest BCUT2D eigenvalue weighted by atomic mass is 10.2. The minimum atomic E-state index is -4.10. The van der Waals surface area contributed by atoms with Gasteiger partial charge in [-0.1, -0.05) is 0 Å². The van der Waals surface area contributed by atoms with Gasteiger partial charge in [0.25, 0.3) is 15.6 Å². The van der Waals surface area contributed by atoms with Crippen LogP contribution >= 0.6 is 11.3 Å². The summed E-state index contributed by atoms with van der Waals surface area (Å²) < 4.78 is 42.3. The Kier molecular flexibility index (Phi) is 7.74. The normalized spacial score (nSPS) is 13.9. The van der Waals surface area contributed by atoms with Crippen molar-refractivity contribution in [3.63, 3.8) is 0 Å². The number of fused-ring (bicyclic) bond motifs is 1. The molecule has 0 radical (unpaired) electrons. The van der Waals surface area contributed by atoms with Crippen LogP contribution in [-0.4, -0.2) is 55.1 Å². The second-order valence-corrected chi connectivity index (χ2v) is 12.6. The lowest BCUT2D eigenvalue weighted by molar-refractivity contribution is 0.256. The van der Waals surface area contributed by atoms with E-state index in [1.54, 1.807) is 31.2 Å². The van der Waals surface area contributed by atoms with E-state index in [-0.39, 0.29) is 21.0 Å². The van der Waals surface area contributed by atoms with Crippen molar-refractivity contribution in [2.45, 2.75) is 24.0 Å². The van der Waals surface area contributed by atoms with E-state index in [9.17, 15) is 22.8 Å². The minimum Gasteiger partial charge on any atom is -0.384 e. The smallest absolute Gasteiger partial charge is 0.333 e. The van der Waals surface area contributed by atoms with Crippen LogP contribution in [-0.2, 0) is 10.0 Å². The number of aryl methyl sites for hydroxylation is 1. The van der Waals surface area contributed by atoms with Crippen LogP contribution in [0.5, 0.6) is 0 Å². The molecule has 1 fully saturated rings. The van der Waals surface area contributed by atoms with Crippen LogP contribution in [0.4, 0.5) is 20.6 Å². The van der Waals surface area contributed by atoms with Gasteiger partial charge in [-0.3, -0.25) is 4.79 Å². The number of nitrogens with one attached hydrogen (secondary N) is 4. The van der Waals surface area contributed by atoms with Crippen molar-refractivity contribution in [1.29, 1.82) is 0 Å². The molecule has 1 aliphatic rings. The number of nitrogens with zero attached hydrogens (tertiary/aromatic N) is 2. The van der Waals surface area contributed by atoms with Gasteiger partial charge >= 0.3 is 11.7 Å². The van der Waals surface area contributed by atoms with Gasteiger partial charge in [0.05, 0.1) is 16.6 Å². The molecule has 2 aromatic heterocycles. The first-order valence-corrected chi connectivity index (χ1v) is 14.9. The van der Waals surface area contributed by atoms with Crippen molar-refractivity contribution >= 4 is 49.7 Å². The van der Waals surface area contributed by atoms with E-state index < -0.39 is 33.1 Å². The first kappa shape index (κ1) is 27.6. The number of amides is 2. The van der Waals surface area contributed by atoms with Crippen LogP contribution in [0.1, 0.15) is 17.7 Å². The number of carbonyl (C=O) groups excluding carboxylic acids is 1. The lowest BCUT2D eigenvalue weighted by Crippen LogP contribution is -2.35. The second-order valence-electron chi connectivity index (χ2n) is 9.40. The van der Waals surface area contributed by atoms with E-state index in [0.717, 1.165) is 60.2 Å². The summed E-state index contributed by atoms with van der Waals surface area (Å²) in [6.07, 6.45) is 2.41. The molecule has 0 bridgehead atoms. The molecule has 1 aliphatic heterocycles. The predicted octanol–water partition coefficient (Wildman–Crippen LogP) is 3.21. The molecule has 4 aromatic rings. The summed E-state index contributed by atoms with van der Waals surface area (Å²) in [5, 5.41) is 5.73. The molecular weight excluding hydrogens is 559 g/mol. The molecule has 4 N–H and O–H groups in total. The van der Waals surface area contributed by atoms with Gasteiger partial charge in [-0.05, 0) is 81.4 Å². The number of thiophene rings is 1. The van der Waals surface area contributed by atoms with Crippen molar-refractivity contribution < 1.29 is 17.6 Å². The van der Waals surface area contributed by atoms with E-state index in [1.165, 1.54) is 25.0 Å². The van der Waals surface area contributed by atoms with Gasteiger partial charge < -0.3 is 20.5 Å². The molecule has 2 aromatic carbocycles. The number of aromatic nitrogens is 2. The number of hydrogen-bond donors (Lipinski definition) is 4. The Hall–Kier alpha value is -4.01. The molecule has 5 rings (SSSR count). The Morgan fingerprint density at radius 2 is 1.80 bits per heavy atom. The molecule has 0 saturated carbocycles. The number of hydrogen-bond acceptors (Lipinski definition) is 8. The van der Waals surface area contributed by atoms with Crippen molar-refractivity contribution in [3.05, 3.63) is 80.1 Å². The summed E-state index contributed by atoms with van der Waals surface area (Å²) in [6.45, 7) is 5.52. The van der Waals surface area contributed by atoms with Crippen LogP contribution < -0.4 is 26.6 Å². The first-order valence-electron chi connectivity index (χ1n) is 12.6. The fourth-order valence-corrected chi connectivity index (χ4v) is 6.75. The molecule has 11 nitrogen and oxygen atoms in total. The number of aromatic amines is 1. The average molecular weight is 587 g/mol. The van der Waals surface area contributed by atoms with Crippen LogP contribution in [0.15, 0.2) is 62.3 Å². The highest BCUT2D eigenvalue weighted by molar-refractivity contribution is 7.92. The number of H-pyrrole nitrogens is 1. The van der Waals surface area contributed by atoms with Crippen molar-refractivity contribution in [3.8, 4) is 5.69 Å². The van der Waals surface area contributed by atoms with Gasteiger partial charge in [-0.15, -0.1) is 11.3 Å². The summed E-state index contributed by atoms with van der Waals surface area (Å²) in [6, 6.07) is 10.1. The fraction of sp³-hybridized carbons (Fsp3) is 0.269. The van der Waals surface area contributed by atoms with Gasteiger partial charge in [0.15, 0.2) is 0 Å². The van der Waals surface area contributed by atoms with Crippen LogP contribution in [0.2, 0.25) is 0 Å². The molecule has 0 aliphatic carbocycles. The summed E-state index contributed by atoms with van der Waals surface area (Å²) in [5.41, 5.74) is -0.885. The molecule has 0 spiro atoms. The molecule has 40 heavy (non-hydrogen) atoms. The number of benzene rings is 2. The summed E-state index contributed by atoms with van der Waals surface area (Å²) in [5.74, 6) is -0.971. The molecule has 210 valence electrons. The number of rotatable bonds is 8. The lowest BCUT2D eigenvalue weighted by Gasteiger charge is -2.15. The zero-order chi connectivity index (χ0) is 28.4. The van der Waals surface area contributed by atoms with Crippen LogP contribution in [0, 0.1) is 12.7 Å². The van der Waals surface area contributed by atoms with Gasteiger partial charge in [0.1, 0.15) is 10.0 Å². The van der Waals surface area contributed by atoms with Crippen molar-refractivity contribution in [1.82, 2.24) is 19.2 Å². The maximum absolute atomic E-state index is 15.1. The highest BCUT2D eigenvalue weighted by Crippen LogP contribution is 2.21. The number of sulfonamides is 1. The number of halogens is 1. The summed E-state index contributed by atoms with van der Waals surface area (Å²) >= 11 is 0.996. The van der Waals surface area contributed by atoms with E-state index in [1.807, 2.05) is 4.72 Å². The number of likely N-dealkylation sites (tertiary alicyclic amines) is 1. The third kappa shape index (κ3) is 5.93. The van der Waals surface area contributed by atoms with Gasteiger partial charge in [0, 0.05) is 29.3 Å². The summed E-state index contributed by atoms with van der Waals surface area (Å²) in [7, 11) is -4.10. The van der Waals surface area contributed by atoms with E-state index in [0.29, 0.717) is 10.1 Å². The van der Waals surface area contributed by atoms with Crippen molar-refractivity contribution in [2.75, 3.05) is 36.8 Å². The molecule has 1 saturated heterocycles. The zero-order valence-electron chi connectivity index (χ0n) is 21.5. The molecule has 0 atom stereocenters. The predicted molar refractivity (Wildman–Crippen MR) is 153 cm³/mol. The van der Waals surface area contributed by atoms with E-state index in [4.69, 9.17) is 0 Å². The quantitative estimate of drug-likeness (QED) is 0.248. The van der Waals surface area contributed by atoms with Crippen LogP contribution in [0.3, 0.4) is 0 Å². The third-order valence-electron chi connectivity index (χ3n) is 6.51.